The predicted molar refractivity (Wildman–Crippen MR) is 54.6 cm³/mol. The van der Waals surface area contributed by atoms with Crippen molar-refractivity contribution in [2.45, 2.75) is 25.8 Å². The van der Waals surface area contributed by atoms with E-state index in [0.29, 0.717) is 17.3 Å². The van der Waals surface area contributed by atoms with Gasteiger partial charge in [-0.1, -0.05) is 0 Å². The van der Waals surface area contributed by atoms with Crippen LogP contribution >= 0.6 is 0 Å². The predicted octanol–water partition coefficient (Wildman–Crippen LogP) is 0.642. The monoisotopic (exact) mass is 209 g/mol. The molecule has 0 atom stereocenters. The molecule has 2 heterocycles. The Bertz CT molecular complexity index is 367. The van der Waals surface area contributed by atoms with Gasteiger partial charge in [-0.2, -0.15) is 5.10 Å². The van der Waals surface area contributed by atoms with Gasteiger partial charge in [0.1, 0.15) is 0 Å². The molecular weight excluding hydrogens is 194 g/mol. The molecule has 15 heavy (non-hydrogen) atoms. The molecule has 0 unspecified atom stereocenters. The molecule has 2 N–H and O–H groups in total. The first kappa shape index (κ1) is 10.2. The van der Waals surface area contributed by atoms with Crippen LogP contribution in [0.25, 0.3) is 0 Å². The van der Waals surface area contributed by atoms with Gasteiger partial charge in [0.05, 0.1) is 17.3 Å². The van der Waals surface area contributed by atoms with Crippen LogP contribution in [0.1, 0.15) is 34.9 Å². The number of hydrogen-bond donors (Lipinski definition) is 1. The van der Waals surface area contributed by atoms with Gasteiger partial charge in [0.25, 0.3) is 5.91 Å². The Morgan fingerprint density at radius 3 is 2.80 bits per heavy atom. The highest BCUT2D eigenvalue weighted by Gasteiger charge is 2.19. The molecule has 1 aromatic heterocycles. The summed E-state index contributed by atoms with van der Waals surface area (Å²) in [6.07, 6.45) is 3.63. The number of primary amides is 1. The number of aromatic nitrogens is 2. The van der Waals surface area contributed by atoms with Gasteiger partial charge in [-0.05, 0) is 19.8 Å². The van der Waals surface area contributed by atoms with Crippen molar-refractivity contribution < 1.29 is 9.53 Å². The summed E-state index contributed by atoms with van der Waals surface area (Å²) in [6.45, 7) is 3.32. The number of amides is 1. The summed E-state index contributed by atoms with van der Waals surface area (Å²) in [5, 5.41) is 4.32. The van der Waals surface area contributed by atoms with Gasteiger partial charge in [-0.3, -0.25) is 9.48 Å². The summed E-state index contributed by atoms with van der Waals surface area (Å²) >= 11 is 0. The van der Waals surface area contributed by atoms with Crippen molar-refractivity contribution >= 4 is 5.91 Å². The Morgan fingerprint density at radius 2 is 2.27 bits per heavy atom. The maximum atomic E-state index is 11.1. The third kappa shape index (κ3) is 2.02. The molecule has 0 bridgehead atoms. The Kier molecular flexibility index (Phi) is 2.73. The molecule has 82 valence electrons. The standard InChI is InChI=1S/C10H15N3O2/c1-7-9(10(11)14)6-13(12-7)8-2-4-15-5-3-8/h6,8H,2-5H2,1H3,(H2,11,14). The lowest BCUT2D eigenvalue weighted by Gasteiger charge is -2.22. The van der Waals surface area contributed by atoms with E-state index in [1.807, 2.05) is 4.68 Å². The molecule has 0 spiro atoms. The van der Waals surface area contributed by atoms with Crippen LogP contribution in [-0.2, 0) is 4.74 Å². The molecule has 0 radical (unpaired) electrons. The Morgan fingerprint density at radius 1 is 1.60 bits per heavy atom. The third-order valence-electron chi connectivity index (χ3n) is 2.75. The van der Waals surface area contributed by atoms with Crippen LogP contribution in [0.5, 0.6) is 0 Å². The van der Waals surface area contributed by atoms with Gasteiger partial charge in [0, 0.05) is 19.4 Å². The molecule has 0 saturated carbocycles. The molecule has 0 aromatic carbocycles. The third-order valence-corrected chi connectivity index (χ3v) is 2.75. The van der Waals surface area contributed by atoms with E-state index in [-0.39, 0.29) is 0 Å². The minimum absolute atomic E-state index is 0.338. The first-order valence-electron chi connectivity index (χ1n) is 5.12. The topological polar surface area (TPSA) is 70.1 Å². The highest BCUT2D eigenvalue weighted by Crippen LogP contribution is 2.21. The SMILES string of the molecule is Cc1nn(C2CCOCC2)cc1C(N)=O. The number of carbonyl (C=O) groups is 1. The van der Waals surface area contributed by atoms with Crippen LogP contribution in [0.4, 0.5) is 0 Å². The highest BCUT2D eigenvalue weighted by molar-refractivity contribution is 5.93. The largest absolute Gasteiger partial charge is 0.381 e. The van der Waals surface area contributed by atoms with E-state index in [9.17, 15) is 4.79 Å². The number of nitrogens with zero attached hydrogens (tertiary/aromatic N) is 2. The fourth-order valence-electron chi connectivity index (χ4n) is 1.86. The molecule has 5 heteroatoms. The molecule has 1 amide bonds. The minimum Gasteiger partial charge on any atom is -0.381 e. The highest BCUT2D eigenvalue weighted by atomic mass is 16.5. The van der Waals surface area contributed by atoms with Crippen molar-refractivity contribution in [3.8, 4) is 0 Å². The van der Waals surface area contributed by atoms with Crippen LogP contribution in [0.3, 0.4) is 0 Å². The summed E-state index contributed by atoms with van der Waals surface area (Å²) in [5.41, 5.74) is 6.46. The smallest absolute Gasteiger partial charge is 0.252 e. The molecule has 0 aliphatic carbocycles. The van der Waals surface area contributed by atoms with Crippen molar-refractivity contribution in [1.29, 1.82) is 0 Å². The normalized spacial score (nSPS) is 17.9. The number of nitrogens with two attached hydrogens (primary N) is 1. The van der Waals surface area contributed by atoms with E-state index in [0.717, 1.165) is 26.1 Å². The van der Waals surface area contributed by atoms with Gasteiger partial charge in [-0.25, -0.2) is 0 Å². The van der Waals surface area contributed by atoms with E-state index in [2.05, 4.69) is 5.10 Å². The first-order valence-corrected chi connectivity index (χ1v) is 5.12. The van der Waals surface area contributed by atoms with E-state index >= 15 is 0 Å². The quantitative estimate of drug-likeness (QED) is 0.777. The molecule has 2 rings (SSSR count). The van der Waals surface area contributed by atoms with E-state index < -0.39 is 5.91 Å². The molecule has 1 aliphatic rings. The lowest BCUT2D eigenvalue weighted by atomic mass is 10.1. The molecule has 5 nitrogen and oxygen atoms in total. The second-order valence-electron chi connectivity index (χ2n) is 3.82. The second kappa shape index (κ2) is 4.02. The van der Waals surface area contributed by atoms with Gasteiger partial charge in [-0.15, -0.1) is 0 Å². The van der Waals surface area contributed by atoms with E-state index in [4.69, 9.17) is 10.5 Å². The van der Waals surface area contributed by atoms with Gasteiger partial charge < -0.3 is 10.5 Å². The number of aryl methyl sites for hydroxylation is 1. The minimum atomic E-state index is -0.411. The van der Waals surface area contributed by atoms with Crippen molar-refractivity contribution in [3.63, 3.8) is 0 Å². The van der Waals surface area contributed by atoms with Crippen molar-refractivity contribution in [2.75, 3.05) is 13.2 Å². The Hall–Kier alpha value is -1.36. The number of hydrogen-bond acceptors (Lipinski definition) is 3. The zero-order chi connectivity index (χ0) is 10.8. The lowest BCUT2D eigenvalue weighted by molar-refractivity contribution is 0.0661. The maximum absolute atomic E-state index is 11.1. The molecule has 1 aliphatic heterocycles. The number of ether oxygens (including phenoxy) is 1. The van der Waals surface area contributed by atoms with Gasteiger partial charge in [0.2, 0.25) is 0 Å². The molecule has 1 aromatic rings. The summed E-state index contributed by atoms with van der Waals surface area (Å²) in [5.74, 6) is -0.411. The average Bonchev–Trinajstić information content (AvgIpc) is 2.62. The zero-order valence-corrected chi connectivity index (χ0v) is 8.77. The summed E-state index contributed by atoms with van der Waals surface area (Å²) in [6, 6.07) is 0.338. The van der Waals surface area contributed by atoms with Crippen LogP contribution < -0.4 is 5.73 Å². The van der Waals surface area contributed by atoms with E-state index in [1.54, 1.807) is 13.1 Å². The lowest BCUT2D eigenvalue weighted by Crippen LogP contribution is -2.20. The van der Waals surface area contributed by atoms with Crippen molar-refractivity contribution in [1.82, 2.24) is 9.78 Å². The molecule has 1 saturated heterocycles. The van der Waals surface area contributed by atoms with Crippen molar-refractivity contribution in [3.05, 3.63) is 17.5 Å². The summed E-state index contributed by atoms with van der Waals surface area (Å²) in [7, 11) is 0. The first-order chi connectivity index (χ1) is 7.18. The summed E-state index contributed by atoms with van der Waals surface area (Å²) < 4.78 is 7.12. The summed E-state index contributed by atoms with van der Waals surface area (Å²) in [4.78, 5) is 11.1. The zero-order valence-electron chi connectivity index (χ0n) is 8.77. The van der Waals surface area contributed by atoms with Gasteiger partial charge >= 0.3 is 0 Å². The Balaban J connectivity index is 2.21. The fourth-order valence-corrected chi connectivity index (χ4v) is 1.86. The number of carbonyl (C=O) groups excluding carboxylic acids is 1. The Labute approximate surface area is 88.2 Å². The van der Waals surface area contributed by atoms with Crippen LogP contribution in [0.2, 0.25) is 0 Å². The van der Waals surface area contributed by atoms with E-state index in [1.165, 1.54) is 0 Å². The van der Waals surface area contributed by atoms with Crippen molar-refractivity contribution in [2.24, 2.45) is 5.73 Å². The molecular formula is C10H15N3O2. The van der Waals surface area contributed by atoms with Crippen LogP contribution in [-0.4, -0.2) is 28.9 Å². The van der Waals surface area contributed by atoms with Crippen LogP contribution in [0.15, 0.2) is 6.20 Å². The molecule has 1 fully saturated rings. The average molecular weight is 209 g/mol. The van der Waals surface area contributed by atoms with Gasteiger partial charge in [0.15, 0.2) is 0 Å². The van der Waals surface area contributed by atoms with Crippen LogP contribution in [0, 0.1) is 6.92 Å². The fraction of sp³-hybridized carbons (Fsp3) is 0.600. The number of rotatable bonds is 2. The second-order valence-corrected chi connectivity index (χ2v) is 3.82. The maximum Gasteiger partial charge on any atom is 0.252 e.